The Morgan fingerprint density at radius 1 is 0.867 bits per heavy atom. The zero-order valence-corrected chi connectivity index (χ0v) is 19.0. The zero-order chi connectivity index (χ0) is 21.5. The molecule has 2 aliphatic rings. The number of nitrogens with zero attached hydrogens (tertiary/aromatic N) is 2. The summed E-state index contributed by atoms with van der Waals surface area (Å²) < 4.78 is 51.4. The maximum Gasteiger partial charge on any atom is 0.183 e. The van der Waals surface area contributed by atoms with Gasteiger partial charge in [-0.15, -0.1) is 0 Å². The van der Waals surface area contributed by atoms with Crippen LogP contribution in [0.2, 0.25) is 0 Å². The maximum atomic E-state index is 13.2. The molecule has 2 aliphatic heterocycles. The average Bonchev–Trinajstić information content (AvgIpc) is 3.07. The predicted octanol–water partition coefficient (Wildman–Crippen LogP) is 2.06. The molecule has 2 aromatic carbocycles. The smallest absolute Gasteiger partial charge is 0.183 e. The molecule has 0 saturated carbocycles. The Morgan fingerprint density at radius 2 is 1.53 bits per heavy atom. The lowest BCUT2D eigenvalue weighted by Crippen LogP contribution is -2.55. The second kappa shape index (κ2) is 7.98. The van der Waals surface area contributed by atoms with Gasteiger partial charge in [0.1, 0.15) is 0 Å². The molecule has 8 heteroatoms. The van der Waals surface area contributed by atoms with Gasteiger partial charge in [0.2, 0.25) is 0 Å². The predicted molar refractivity (Wildman–Crippen MR) is 120 cm³/mol. The first-order valence-electron chi connectivity index (χ1n) is 10.2. The minimum atomic E-state index is -3.72. The van der Waals surface area contributed by atoms with Gasteiger partial charge in [-0.2, -0.15) is 0 Å². The summed E-state index contributed by atoms with van der Waals surface area (Å²) in [6, 6.07) is 14.0. The number of anilines is 1. The van der Waals surface area contributed by atoms with Gasteiger partial charge in [0, 0.05) is 37.9 Å². The van der Waals surface area contributed by atoms with Gasteiger partial charge in [0.25, 0.3) is 0 Å². The highest BCUT2D eigenvalue weighted by molar-refractivity contribution is 7.96. The Kier molecular flexibility index (Phi) is 5.67. The Balaban J connectivity index is 1.55. The molecule has 2 aromatic rings. The van der Waals surface area contributed by atoms with Crippen molar-refractivity contribution in [2.75, 3.05) is 42.6 Å². The topological polar surface area (TPSA) is 74.8 Å². The minimum absolute atomic E-state index is 0.0901. The first-order chi connectivity index (χ1) is 14.2. The van der Waals surface area contributed by atoms with Crippen LogP contribution in [0.5, 0.6) is 0 Å². The quantitative estimate of drug-likeness (QED) is 0.713. The number of hydrogen-bond donors (Lipinski definition) is 0. The molecule has 162 valence electrons. The van der Waals surface area contributed by atoms with Crippen molar-refractivity contribution < 1.29 is 16.8 Å². The van der Waals surface area contributed by atoms with E-state index in [9.17, 15) is 16.8 Å². The maximum absolute atomic E-state index is 13.2. The summed E-state index contributed by atoms with van der Waals surface area (Å²) in [6.45, 7) is 7.00. The van der Waals surface area contributed by atoms with Crippen molar-refractivity contribution in [3.63, 3.8) is 0 Å². The van der Waals surface area contributed by atoms with Crippen molar-refractivity contribution in [2.24, 2.45) is 0 Å². The van der Waals surface area contributed by atoms with Gasteiger partial charge >= 0.3 is 0 Å². The van der Waals surface area contributed by atoms with Crippen molar-refractivity contribution in [2.45, 2.75) is 30.0 Å². The van der Waals surface area contributed by atoms with Crippen LogP contribution in [0.25, 0.3) is 0 Å². The van der Waals surface area contributed by atoms with Crippen LogP contribution in [0.3, 0.4) is 0 Å². The van der Waals surface area contributed by atoms with E-state index in [0.717, 1.165) is 13.1 Å². The van der Waals surface area contributed by atoms with Gasteiger partial charge in [0.15, 0.2) is 19.7 Å². The van der Waals surface area contributed by atoms with Crippen LogP contribution in [0.4, 0.5) is 5.69 Å². The molecule has 2 heterocycles. The minimum Gasteiger partial charge on any atom is -0.369 e. The van der Waals surface area contributed by atoms with Crippen LogP contribution in [-0.4, -0.2) is 70.7 Å². The van der Waals surface area contributed by atoms with Crippen LogP contribution < -0.4 is 4.90 Å². The van der Waals surface area contributed by atoms with Crippen molar-refractivity contribution in [1.29, 1.82) is 0 Å². The van der Waals surface area contributed by atoms with Crippen molar-refractivity contribution in [3.05, 3.63) is 59.7 Å². The summed E-state index contributed by atoms with van der Waals surface area (Å²) >= 11 is 0. The van der Waals surface area contributed by atoms with Crippen molar-refractivity contribution >= 4 is 25.4 Å². The summed E-state index contributed by atoms with van der Waals surface area (Å²) in [5, 5.41) is -0.919. The molecule has 2 fully saturated rings. The lowest BCUT2D eigenvalue weighted by Gasteiger charge is -2.40. The molecule has 0 aliphatic carbocycles. The van der Waals surface area contributed by atoms with E-state index in [1.807, 2.05) is 0 Å². The molecule has 0 aromatic heterocycles. The lowest BCUT2D eigenvalue weighted by molar-refractivity contribution is 0.201. The molecule has 0 bridgehead atoms. The summed E-state index contributed by atoms with van der Waals surface area (Å²) in [7, 11) is -7.12. The Hall–Kier alpha value is -1.90. The molecule has 0 N–H and O–H groups in total. The van der Waals surface area contributed by atoms with E-state index in [-0.39, 0.29) is 16.4 Å². The molecule has 2 saturated heterocycles. The fraction of sp³-hybridized carbons (Fsp3) is 0.455. The monoisotopic (exact) mass is 448 g/mol. The standard InChI is InChI=1S/C22H28N2O4S2/c1-17-7-6-10-20(18(17)2)23-11-13-24(14-12-23)21-15-29(25,26)16-22(21)30(27,28)19-8-4-3-5-9-19/h3-10,21-22H,11-16H2,1-2H3/t21-,22-/m0/s1. The summed E-state index contributed by atoms with van der Waals surface area (Å²) in [4.78, 5) is 4.58. The van der Waals surface area contributed by atoms with E-state index in [2.05, 4.69) is 41.8 Å². The third kappa shape index (κ3) is 4.00. The SMILES string of the molecule is Cc1cccc(N2CCN([C@H]3CS(=O)(=O)C[C@@H]3S(=O)(=O)c3ccccc3)CC2)c1C. The number of benzene rings is 2. The number of rotatable bonds is 4. The third-order valence-electron chi connectivity index (χ3n) is 6.44. The van der Waals surface area contributed by atoms with E-state index in [1.165, 1.54) is 16.8 Å². The van der Waals surface area contributed by atoms with Gasteiger partial charge in [-0.3, -0.25) is 4.90 Å². The highest BCUT2D eigenvalue weighted by Crippen LogP contribution is 2.31. The average molecular weight is 449 g/mol. The Morgan fingerprint density at radius 3 is 2.20 bits per heavy atom. The molecular weight excluding hydrogens is 420 g/mol. The molecule has 0 amide bonds. The molecular formula is C22H28N2O4S2. The molecule has 30 heavy (non-hydrogen) atoms. The molecule has 0 spiro atoms. The number of sulfone groups is 2. The van der Waals surface area contributed by atoms with Crippen molar-refractivity contribution in [1.82, 2.24) is 4.90 Å². The van der Waals surface area contributed by atoms with Gasteiger partial charge in [-0.1, -0.05) is 30.3 Å². The second-order valence-corrected chi connectivity index (χ2v) is 12.6. The van der Waals surface area contributed by atoms with Crippen LogP contribution in [0.1, 0.15) is 11.1 Å². The fourth-order valence-electron chi connectivity index (χ4n) is 4.59. The largest absolute Gasteiger partial charge is 0.369 e. The lowest BCUT2D eigenvalue weighted by atomic mass is 10.1. The molecule has 4 rings (SSSR count). The second-order valence-electron chi connectivity index (χ2n) is 8.28. The van der Waals surface area contributed by atoms with E-state index in [4.69, 9.17) is 0 Å². The summed E-state index contributed by atoms with van der Waals surface area (Å²) in [5.41, 5.74) is 3.69. The van der Waals surface area contributed by atoms with Crippen LogP contribution in [-0.2, 0) is 19.7 Å². The van der Waals surface area contributed by atoms with Gasteiger partial charge < -0.3 is 4.90 Å². The van der Waals surface area contributed by atoms with E-state index in [0.29, 0.717) is 13.1 Å². The highest BCUT2D eigenvalue weighted by Gasteiger charge is 2.48. The zero-order valence-electron chi connectivity index (χ0n) is 17.4. The first kappa shape index (κ1) is 21.3. The van der Waals surface area contributed by atoms with Gasteiger partial charge in [-0.25, -0.2) is 16.8 Å². The normalized spacial score (nSPS) is 24.8. The van der Waals surface area contributed by atoms with E-state index < -0.39 is 31.0 Å². The summed E-state index contributed by atoms with van der Waals surface area (Å²) in [5.74, 6) is -0.390. The Labute approximate surface area is 179 Å². The highest BCUT2D eigenvalue weighted by atomic mass is 32.2. The number of aryl methyl sites for hydroxylation is 1. The molecule has 0 unspecified atom stereocenters. The fourth-order valence-corrected chi connectivity index (χ4v) is 9.44. The van der Waals surface area contributed by atoms with Gasteiger partial charge in [0.05, 0.1) is 21.7 Å². The molecule has 2 atom stereocenters. The van der Waals surface area contributed by atoms with Gasteiger partial charge in [-0.05, 0) is 43.2 Å². The summed E-state index contributed by atoms with van der Waals surface area (Å²) in [6.07, 6.45) is 0. The number of hydrogen-bond acceptors (Lipinski definition) is 6. The van der Waals surface area contributed by atoms with Crippen LogP contribution >= 0.6 is 0 Å². The Bertz CT molecular complexity index is 1120. The van der Waals surface area contributed by atoms with E-state index in [1.54, 1.807) is 30.3 Å². The van der Waals surface area contributed by atoms with Crippen LogP contribution in [0.15, 0.2) is 53.4 Å². The van der Waals surface area contributed by atoms with Crippen LogP contribution in [0, 0.1) is 13.8 Å². The van der Waals surface area contributed by atoms with E-state index >= 15 is 0 Å². The number of piperazine rings is 1. The molecule has 6 nitrogen and oxygen atoms in total. The van der Waals surface area contributed by atoms with Crippen molar-refractivity contribution in [3.8, 4) is 0 Å². The first-order valence-corrected chi connectivity index (χ1v) is 13.6. The third-order valence-corrected chi connectivity index (χ3v) is 10.6. The molecule has 0 radical (unpaired) electrons.